The minimum Gasteiger partial charge on any atom is -0.394 e. The molecule has 3 fully saturated rings. The van der Waals surface area contributed by atoms with Crippen LogP contribution in [0.15, 0.2) is 18.3 Å². The lowest BCUT2D eigenvalue weighted by Crippen LogP contribution is -2.58. The summed E-state index contributed by atoms with van der Waals surface area (Å²) >= 11 is 0.892. The molecule has 1 aromatic heterocycles. The van der Waals surface area contributed by atoms with Gasteiger partial charge in [0.25, 0.3) is 0 Å². The van der Waals surface area contributed by atoms with Gasteiger partial charge in [-0.2, -0.15) is 0 Å². The monoisotopic (exact) mass is 660 g/mol. The van der Waals surface area contributed by atoms with Crippen molar-refractivity contribution in [2.45, 2.75) is 72.7 Å². The van der Waals surface area contributed by atoms with Crippen molar-refractivity contribution >= 4 is 17.7 Å². The van der Waals surface area contributed by atoms with Crippen molar-refractivity contribution in [1.82, 2.24) is 19.9 Å². The Balaban J connectivity index is 1.38. The van der Waals surface area contributed by atoms with Crippen LogP contribution in [-0.4, -0.2) is 127 Å². The second-order valence-corrected chi connectivity index (χ2v) is 13.1. The Morgan fingerprint density at radius 2 is 1.76 bits per heavy atom. The molecular weight excluding hydrogens is 621 g/mol. The van der Waals surface area contributed by atoms with Crippen LogP contribution in [-0.2, 0) is 19.0 Å². The number of aliphatic hydroxyl groups excluding tert-OH is 3. The third-order valence-corrected chi connectivity index (χ3v) is 10.4. The Labute approximate surface area is 262 Å². The first-order chi connectivity index (χ1) is 21.5. The highest BCUT2D eigenvalue weighted by molar-refractivity contribution is 8.01. The summed E-state index contributed by atoms with van der Waals surface area (Å²) in [6.45, 7) is 1.62. The zero-order chi connectivity index (χ0) is 32.3. The van der Waals surface area contributed by atoms with E-state index in [2.05, 4.69) is 10.3 Å². The van der Waals surface area contributed by atoms with Crippen molar-refractivity contribution in [2.75, 3.05) is 46.6 Å². The van der Waals surface area contributed by atoms with Gasteiger partial charge in [0.05, 0.1) is 18.4 Å². The van der Waals surface area contributed by atoms with E-state index in [0.717, 1.165) is 47.8 Å². The molecule has 0 spiro atoms. The lowest BCUT2D eigenvalue weighted by Gasteiger charge is -2.45. The highest BCUT2D eigenvalue weighted by Crippen LogP contribution is 2.42. The number of ether oxygens (including phenoxy) is 3. The molecule has 4 heterocycles. The largest absolute Gasteiger partial charge is 0.394 e. The van der Waals surface area contributed by atoms with E-state index in [-0.39, 0.29) is 43.2 Å². The summed E-state index contributed by atoms with van der Waals surface area (Å²) in [7, 11) is 1.66. The topological polar surface area (TPSA) is 160 Å². The van der Waals surface area contributed by atoms with Gasteiger partial charge in [-0.15, -0.1) is 16.9 Å². The summed E-state index contributed by atoms with van der Waals surface area (Å²) in [6.07, 6.45) is -0.158. The van der Waals surface area contributed by atoms with Crippen LogP contribution in [0.4, 0.5) is 13.2 Å². The molecule has 5 rings (SSSR count). The number of carbonyl (C=O) groups excluding carboxylic acids is 1. The minimum atomic E-state index is -1.64. The van der Waals surface area contributed by atoms with Crippen molar-refractivity contribution in [3.8, 4) is 11.3 Å². The predicted molar refractivity (Wildman–Crippen MR) is 154 cm³/mol. The summed E-state index contributed by atoms with van der Waals surface area (Å²) < 4.78 is 59.1. The number of hydrogen-bond acceptors (Lipinski definition) is 11. The highest BCUT2D eigenvalue weighted by Gasteiger charge is 2.51. The Hall–Kier alpha value is -2.31. The van der Waals surface area contributed by atoms with Crippen LogP contribution < -0.4 is 0 Å². The van der Waals surface area contributed by atoms with E-state index in [4.69, 9.17) is 14.2 Å². The van der Waals surface area contributed by atoms with Crippen molar-refractivity contribution in [1.29, 1.82) is 0 Å². The number of halogens is 3. The van der Waals surface area contributed by atoms with Gasteiger partial charge in [0, 0.05) is 58.4 Å². The smallest absolute Gasteiger partial charge is 0.238 e. The van der Waals surface area contributed by atoms with Crippen LogP contribution in [0.3, 0.4) is 0 Å². The van der Waals surface area contributed by atoms with E-state index >= 15 is 0 Å². The first kappa shape index (κ1) is 34.0. The fourth-order valence-electron chi connectivity index (χ4n) is 6.01. The number of aliphatic hydroxyl groups is 4. The Morgan fingerprint density at radius 3 is 2.40 bits per heavy atom. The van der Waals surface area contributed by atoms with Gasteiger partial charge in [-0.1, -0.05) is 5.21 Å². The maximum absolute atomic E-state index is 13.9. The van der Waals surface area contributed by atoms with Gasteiger partial charge >= 0.3 is 0 Å². The summed E-state index contributed by atoms with van der Waals surface area (Å²) in [5.74, 6) is -4.45. The molecule has 6 atom stereocenters. The fraction of sp³-hybridized carbons (Fsp3) is 0.690. The number of nitrogens with zero attached hydrogens (tertiary/aromatic N) is 4. The van der Waals surface area contributed by atoms with Gasteiger partial charge in [0.1, 0.15) is 40.7 Å². The van der Waals surface area contributed by atoms with E-state index in [9.17, 15) is 38.4 Å². The zero-order valence-electron chi connectivity index (χ0n) is 24.8. The molecule has 45 heavy (non-hydrogen) atoms. The second-order valence-electron chi connectivity index (χ2n) is 11.9. The molecule has 16 heteroatoms. The molecule has 250 valence electrons. The molecule has 0 bridgehead atoms. The first-order valence-corrected chi connectivity index (χ1v) is 15.9. The molecule has 3 aliphatic heterocycles. The van der Waals surface area contributed by atoms with Gasteiger partial charge in [0.2, 0.25) is 5.91 Å². The summed E-state index contributed by atoms with van der Waals surface area (Å²) in [6, 6.07) is 0.195. The van der Waals surface area contributed by atoms with Gasteiger partial charge in [-0.3, -0.25) is 4.79 Å². The molecule has 0 saturated carbocycles. The summed E-state index contributed by atoms with van der Waals surface area (Å²) in [4.78, 5) is 15.5. The van der Waals surface area contributed by atoms with Gasteiger partial charge in [-0.05, 0) is 37.3 Å². The van der Waals surface area contributed by atoms with Crippen LogP contribution in [0.5, 0.6) is 0 Å². The van der Waals surface area contributed by atoms with E-state index in [0.29, 0.717) is 25.7 Å². The molecule has 3 aliphatic rings. The van der Waals surface area contributed by atoms with Gasteiger partial charge in [-0.25, -0.2) is 17.9 Å². The van der Waals surface area contributed by atoms with Crippen LogP contribution in [0.25, 0.3) is 11.3 Å². The number of thioether (sulfide) groups is 1. The number of aromatic nitrogens is 3. The lowest BCUT2D eigenvalue weighted by molar-refractivity contribution is -0.179. The normalized spacial score (nSPS) is 28.1. The third-order valence-electron chi connectivity index (χ3n) is 8.87. The number of rotatable bonds is 10. The average molecular weight is 661 g/mol. The summed E-state index contributed by atoms with van der Waals surface area (Å²) in [5.41, 5.74) is -2.92. The molecule has 12 nitrogen and oxygen atoms in total. The SMILES string of the molecule is CN(CCC1CCOCC1)C(=O)[C@H](S[C@@H]1O[C@H](CO)[C@H](O)[C@H](n2cc(-c3cc(F)c(F)c(F)c3)nn2)[C@H]1O)C1(O)CCOCC1. The van der Waals surface area contributed by atoms with Crippen molar-refractivity contribution in [3.63, 3.8) is 0 Å². The number of hydrogen-bond donors (Lipinski definition) is 4. The molecule has 3 saturated heterocycles. The quantitative estimate of drug-likeness (QED) is 0.272. The predicted octanol–water partition coefficient (Wildman–Crippen LogP) is 1.26. The molecule has 1 aromatic carbocycles. The fourth-order valence-corrected chi connectivity index (χ4v) is 7.59. The highest BCUT2D eigenvalue weighted by atomic mass is 32.2. The molecular formula is C29H39F3N4O8S. The number of amides is 1. The average Bonchev–Trinajstić information content (AvgIpc) is 3.52. The maximum Gasteiger partial charge on any atom is 0.238 e. The Morgan fingerprint density at radius 1 is 1.11 bits per heavy atom. The second kappa shape index (κ2) is 14.6. The van der Waals surface area contributed by atoms with Gasteiger partial charge in [0.15, 0.2) is 17.5 Å². The van der Waals surface area contributed by atoms with Crippen LogP contribution in [0.2, 0.25) is 0 Å². The van der Waals surface area contributed by atoms with E-state index < -0.39 is 64.7 Å². The minimum absolute atomic E-state index is 0.0702. The number of benzene rings is 1. The van der Waals surface area contributed by atoms with Crippen LogP contribution in [0, 0.1) is 23.4 Å². The lowest BCUT2D eigenvalue weighted by atomic mass is 9.89. The molecule has 0 radical (unpaired) electrons. The molecule has 2 aromatic rings. The van der Waals surface area contributed by atoms with Crippen molar-refractivity contribution < 1.29 is 52.6 Å². The number of carbonyl (C=O) groups is 1. The van der Waals surface area contributed by atoms with E-state index in [1.807, 2.05) is 0 Å². The van der Waals surface area contributed by atoms with Crippen LogP contribution >= 0.6 is 11.8 Å². The summed E-state index contributed by atoms with van der Waals surface area (Å²) in [5, 5.41) is 51.0. The Kier molecular flexibility index (Phi) is 11.1. The zero-order valence-corrected chi connectivity index (χ0v) is 25.6. The first-order valence-electron chi connectivity index (χ1n) is 15.0. The Bertz CT molecular complexity index is 1290. The third kappa shape index (κ3) is 7.48. The van der Waals surface area contributed by atoms with Gasteiger partial charge < -0.3 is 39.5 Å². The standard InChI is InChI=1S/C29H39F3N4O8S/c1-35(7-2-16-3-8-42-9-4-16)27(40)26(29(41)5-10-43-11-6-29)45-28-25(39)23(24(38)21(15-37)44-28)36-14-20(33-34-36)17-12-18(30)22(32)19(31)13-17/h12-14,16,21,23-26,28,37-39,41H,2-11,15H2,1H3/t21-,23+,24+,25-,26+,28+/m1/s1. The van der Waals surface area contributed by atoms with Crippen molar-refractivity contribution in [2.24, 2.45) is 5.92 Å². The maximum atomic E-state index is 13.9. The van der Waals surface area contributed by atoms with E-state index in [1.165, 1.54) is 6.20 Å². The van der Waals surface area contributed by atoms with E-state index in [1.54, 1.807) is 11.9 Å². The molecule has 4 N–H and O–H groups in total. The molecule has 0 unspecified atom stereocenters. The molecule has 0 aliphatic carbocycles. The molecule has 1 amide bonds. The van der Waals surface area contributed by atoms with Crippen LogP contribution in [0.1, 0.15) is 38.1 Å². The van der Waals surface area contributed by atoms with Crippen molar-refractivity contribution in [3.05, 3.63) is 35.8 Å².